The first-order valence-electron chi connectivity index (χ1n) is 6.96. The van der Waals surface area contributed by atoms with Crippen LogP contribution < -0.4 is 0 Å². The van der Waals surface area contributed by atoms with E-state index in [1.54, 1.807) is 4.57 Å². The van der Waals surface area contributed by atoms with Gasteiger partial charge in [-0.25, -0.2) is 0 Å². The Morgan fingerprint density at radius 1 is 1.38 bits per heavy atom. The van der Waals surface area contributed by atoms with Crippen molar-refractivity contribution in [3.63, 3.8) is 0 Å². The molecular weight excluding hydrogens is 300 g/mol. The molecule has 0 saturated carbocycles. The van der Waals surface area contributed by atoms with Gasteiger partial charge in [-0.1, -0.05) is 25.1 Å². The quantitative estimate of drug-likeness (QED) is 0.824. The second-order valence-corrected chi connectivity index (χ2v) is 6.50. The molecule has 2 aromatic rings. The average Bonchev–Trinajstić information content (AvgIpc) is 3.01. The van der Waals surface area contributed by atoms with Gasteiger partial charge in [0, 0.05) is 23.9 Å². The minimum absolute atomic E-state index is 0.244. The number of allylic oxidation sites excluding steroid dienone is 1. The maximum atomic E-state index is 10.2. The monoisotopic (exact) mass is 316 g/mol. The van der Waals surface area contributed by atoms with Gasteiger partial charge in [0.2, 0.25) is 5.88 Å². The topological polar surface area (TPSA) is 37.5 Å². The van der Waals surface area contributed by atoms with Crippen LogP contribution in [0, 0.1) is 3.95 Å². The lowest BCUT2D eigenvalue weighted by atomic mass is 10.0. The molecule has 1 aromatic heterocycles. The Labute approximate surface area is 132 Å². The molecule has 0 saturated heterocycles. The number of thiazole rings is 1. The van der Waals surface area contributed by atoms with Crippen LogP contribution in [0.25, 0.3) is 11.6 Å². The third-order valence-corrected chi connectivity index (χ3v) is 5.03. The summed E-state index contributed by atoms with van der Waals surface area (Å²) in [5, 5.41) is 10.2. The summed E-state index contributed by atoms with van der Waals surface area (Å²) in [6, 6.07) is 6.23. The number of aromatic nitrogens is 1. The largest absolute Gasteiger partial charge is 0.493 e. The minimum Gasteiger partial charge on any atom is -0.493 e. The Morgan fingerprint density at radius 2 is 2.19 bits per heavy atom. The first-order chi connectivity index (χ1) is 10.2. The predicted octanol–water partition coefficient (Wildman–Crippen LogP) is 4.82. The van der Waals surface area contributed by atoms with Crippen molar-refractivity contribution >= 4 is 47.1 Å². The fourth-order valence-corrected chi connectivity index (χ4v) is 3.90. The molecule has 2 heterocycles. The third kappa shape index (κ3) is 2.36. The summed E-state index contributed by atoms with van der Waals surface area (Å²) >= 11 is 6.70. The molecule has 21 heavy (non-hydrogen) atoms. The van der Waals surface area contributed by atoms with Gasteiger partial charge >= 0.3 is 0 Å². The number of aromatic hydroxyl groups is 1. The predicted molar refractivity (Wildman–Crippen MR) is 92.3 cm³/mol. The summed E-state index contributed by atoms with van der Waals surface area (Å²) in [6.07, 6.45) is 4.79. The number of fused-ring (bicyclic) bond motifs is 1. The van der Waals surface area contributed by atoms with Crippen molar-refractivity contribution in [1.29, 1.82) is 0 Å². The number of benzene rings is 1. The van der Waals surface area contributed by atoms with Crippen molar-refractivity contribution < 1.29 is 5.11 Å². The molecule has 0 spiro atoms. The number of para-hydroxylation sites is 1. The molecule has 1 N–H and O–H groups in total. The lowest BCUT2D eigenvalue weighted by Crippen LogP contribution is -1.91. The molecule has 0 radical (unpaired) electrons. The smallest absolute Gasteiger partial charge is 0.210 e. The lowest BCUT2D eigenvalue weighted by Gasteiger charge is -2.04. The van der Waals surface area contributed by atoms with Crippen LogP contribution in [0.4, 0.5) is 5.69 Å². The zero-order valence-electron chi connectivity index (χ0n) is 12.0. The second kappa shape index (κ2) is 5.58. The fraction of sp³-hybridized carbons (Fsp3) is 0.250. The Hall–Kier alpha value is -1.72. The SMILES string of the molecule is CCc1cccc2c1N=C/C2=C\c1sc(=S)n(CC)c1O. The first kappa shape index (κ1) is 14.2. The van der Waals surface area contributed by atoms with Gasteiger partial charge in [0.1, 0.15) is 0 Å². The van der Waals surface area contributed by atoms with Crippen LogP contribution in [0.2, 0.25) is 0 Å². The van der Waals surface area contributed by atoms with Crippen molar-refractivity contribution in [1.82, 2.24) is 4.57 Å². The standard InChI is InChI=1S/C16H16N2OS2/c1-3-10-6-5-7-12-11(9-17-14(10)12)8-13-15(19)18(4-2)16(20)21-13/h5-9,19H,3-4H2,1-2H3/b11-8+. The lowest BCUT2D eigenvalue weighted by molar-refractivity contribution is 0.419. The highest BCUT2D eigenvalue weighted by molar-refractivity contribution is 7.73. The maximum Gasteiger partial charge on any atom is 0.210 e. The number of rotatable bonds is 3. The Morgan fingerprint density at radius 3 is 2.86 bits per heavy atom. The van der Waals surface area contributed by atoms with Crippen LogP contribution in [-0.2, 0) is 13.0 Å². The normalized spacial score (nSPS) is 14.9. The zero-order valence-corrected chi connectivity index (χ0v) is 13.6. The van der Waals surface area contributed by atoms with Crippen molar-refractivity contribution in [2.45, 2.75) is 26.8 Å². The van der Waals surface area contributed by atoms with Crippen LogP contribution in [0.1, 0.15) is 29.9 Å². The summed E-state index contributed by atoms with van der Waals surface area (Å²) < 4.78 is 2.43. The maximum absolute atomic E-state index is 10.2. The number of hydrogen-bond donors (Lipinski definition) is 1. The van der Waals surface area contributed by atoms with E-state index in [4.69, 9.17) is 12.2 Å². The van der Waals surface area contributed by atoms with Gasteiger partial charge in [-0.05, 0) is 37.2 Å². The highest BCUT2D eigenvalue weighted by atomic mass is 32.1. The van der Waals surface area contributed by atoms with Crippen molar-refractivity contribution in [2.75, 3.05) is 0 Å². The molecule has 5 heteroatoms. The van der Waals surface area contributed by atoms with Crippen LogP contribution in [0.5, 0.6) is 5.88 Å². The van der Waals surface area contributed by atoms with Crippen LogP contribution >= 0.6 is 23.6 Å². The molecule has 0 bridgehead atoms. The second-order valence-electron chi connectivity index (χ2n) is 4.82. The van der Waals surface area contributed by atoms with Gasteiger partial charge in [-0.2, -0.15) is 0 Å². The summed E-state index contributed by atoms with van der Waals surface area (Å²) in [7, 11) is 0. The summed E-state index contributed by atoms with van der Waals surface area (Å²) in [4.78, 5) is 5.31. The van der Waals surface area contributed by atoms with E-state index >= 15 is 0 Å². The van der Waals surface area contributed by atoms with Crippen LogP contribution in [0.15, 0.2) is 23.2 Å². The number of aliphatic imine (C=N–C) groups is 1. The van der Waals surface area contributed by atoms with E-state index in [0.717, 1.165) is 28.1 Å². The molecule has 0 fully saturated rings. The molecule has 0 amide bonds. The van der Waals surface area contributed by atoms with E-state index in [-0.39, 0.29) is 5.88 Å². The van der Waals surface area contributed by atoms with Crippen LogP contribution in [-0.4, -0.2) is 15.9 Å². The average molecular weight is 316 g/mol. The minimum atomic E-state index is 0.244. The fourth-order valence-electron chi connectivity index (χ4n) is 2.51. The highest BCUT2D eigenvalue weighted by Crippen LogP contribution is 2.38. The zero-order chi connectivity index (χ0) is 15.0. The molecule has 3 rings (SSSR count). The molecular formula is C16H16N2OS2. The molecule has 0 aliphatic carbocycles. The highest BCUT2D eigenvalue weighted by Gasteiger charge is 2.16. The van der Waals surface area contributed by atoms with E-state index in [9.17, 15) is 5.11 Å². The number of hydrogen-bond acceptors (Lipinski definition) is 4. The molecule has 1 aliphatic heterocycles. The molecule has 0 unspecified atom stereocenters. The van der Waals surface area contributed by atoms with E-state index in [1.807, 2.05) is 19.2 Å². The van der Waals surface area contributed by atoms with E-state index in [0.29, 0.717) is 10.5 Å². The molecule has 1 aromatic carbocycles. The molecule has 0 atom stereocenters. The summed E-state index contributed by atoms with van der Waals surface area (Å²) in [5.74, 6) is 0.244. The molecule has 108 valence electrons. The Bertz CT molecular complexity index is 812. The van der Waals surface area contributed by atoms with E-state index < -0.39 is 0 Å². The Balaban J connectivity index is 2.10. The summed E-state index contributed by atoms with van der Waals surface area (Å²) in [5.41, 5.74) is 4.44. The molecule has 3 nitrogen and oxygen atoms in total. The molecule has 1 aliphatic rings. The van der Waals surface area contributed by atoms with Crippen molar-refractivity contribution in [3.05, 3.63) is 38.2 Å². The van der Waals surface area contributed by atoms with Gasteiger partial charge in [0.25, 0.3) is 0 Å². The van der Waals surface area contributed by atoms with E-state index in [1.165, 1.54) is 16.9 Å². The van der Waals surface area contributed by atoms with Crippen molar-refractivity contribution in [3.8, 4) is 5.88 Å². The van der Waals surface area contributed by atoms with Gasteiger partial charge < -0.3 is 5.11 Å². The van der Waals surface area contributed by atoms with Gasteiger partial charge in [-0.15, -0.1) is 11.3 Å². The Kier molecular flexibility index (Phi) is 3.78. The number of aryl methyl sites for hydroxylation is 1. The summed E-state index contributed by atoms with van der Waals surface area (Å²) in [6.45, 7) is 4.78. The van der Waals surface area contributed by atoms with Gasteiger partial charge in [0.05, 0.1) is 10.6 Å². The number of nitrogens with zero attached hydrogens (tertiary/aromatic N) is 2. The first-order valence-corrected chi connectivity index (χ1v) is 8.18. The van der Waals surface area contributed by atoms with E-state index in [2.05, 4.69) is 30.1 Å². The third-order valence-electron chi connectivity index (χ3n) is 3.64. The van der Waals surface area contributed by atoms with Crippen molar-refractivity contribution in [2.24, 2.45) is 4.99 Å². The van der Waals surface area contributed by atoms with Crippen LogP contribution in [0.3, 0.4) is 0 Å². The van der Waals surface area contributed by atoms with Gasteiger partial charge in [-0.3, -0.25) is 9.56 Å². The van der Waals surface area contributed by atoms with Gasteiger partial charge in [0.15, 0.2) is 3.95 Å².